The highest BCUT2D eigenvalue weighted by molar-refractivity contribution is 7.10. The normalized spacial score (nSPS) is 18.6. The van der Waals surface area contributed by atoms with Gasteiger partial charge in [0, 0.05) is 29.6 Å². The molecule has 0 radical (unpaired) electrons. The Kier molecular flexibility index (Phi) is 3.56. The van der Waals surface area contributed by atoms with Crippen LogP contribution in [0.1, 0.15) is 34.5 Å². The molecule has 102 valence electrons. The Morgan fingerprint density at radius 3 is 3.10 bits per heavy atom. The highest BCUT2D eigenvalue weighted by Gasteiger charge is 2.25. The van der Waals surface area contributed by atoms with E-state index < -0.39 is 0 Å². The van der Waals surface area contributed by atoms with Crippen molar-refractivity contribution in [2.24, 2.45) is 0 Å². The molecule has 0 amide bonds. The molecule has 20 heavy (non-hydrogen) atoms. The summed E-state index contributed by atoms with van der Waals surface area (Å²) in [6.07, 6.45) is 1.02. The summed E-state index contributed by atoms with van der Waals surface area (Å²) in [7, 11) is 0. The van der Waals surface area contributed by atoms with Gasteiger partial charge in [-0.3, -0.25) is 4.90 Å². The molecule has 0 aliphatic carbocycles. The second-order valence-electron chi connectivity index (χ2n) is 5.09. The van der Waals surface area contributed by atoms with Gasteiger partial charge in [-0.15, -0.1) is 11.3 Å². The summed E-state index contributed by atoms with van der Waals surface area (Å²) in [6, 6.07) is 9.42. The smallest absolute Gasteiger partial charge is 0.145 e. The molecule has 1 aliphatic heterocycles. The second kappa shape index (κ2) is 5.35. The monoisotopic (exact) mass is 286 g/mol. The maximum Gasteiger partial charge on any atom is 0.145 e. The van der Waals surface area contributed by atoms with Gasteiger partial charge in [0.05, 0.1) is 5.56 Å². The van der Waals surface area contributed by atoms with Gasteiger partial charge in [0.15, 0.2) is 0 Å². The maximum atomic E-state index is 14.1. The third-order valence-corrected chi connectivity index (χ3v) is 4.97. The minimum absolute atomic E-state index is 0.128. The quantitative estimate of drug-likeness (QED) is 0.837. The van der Waals surface area contributed by atoms with Gasteiger partial charge in [-0.05, 0) is 36.4 Å². The number of nitrogens with zero attached hydrogens (tertiary/aromatic N) is 2. The number of hydrogen-bond donors (Lipinski definition) is 0. The van der Waals surface area contributed by atoms with Crippen LogP contribution in [-0.2, 0) is 13.0 Å². The zero-order valence-electron chi connectivity index (χ0n) is 11.3. The number of fused-ring (bicyclic) bond motifs is 1. The van der Waals surface area contributed by atoms with E-state index in [9.17, 15) is 4.39 Å². The molecule has 4 heteroatoms. The van der Waals surface area contributed by atoms with E-state index in [0.29, 0.717) is 18.2 Å². The van der Waals surface area contributed by atoms with Crippen molar-refractivity contribution < 1.29 is 4.39 Å². The van der Waals surface area contributed by atoms with Crippen molar-refractivity contribution in [1.29, 1.82) is 5.26 Å². The Morgan fingerprint density at radius 1 is 1.45 bits per heavy atom. The largest absolute Gasteiger partial charge is 0.292 e. The number of hydrogen-bond acceptors (Lipinski definition) is 3. The van der Waals surface area contributed by atoms with E-state index in [1.165, 1.54) is 16.5 Å². The standard InChI is InChI=1S/C16H15FN2S/c1-11-14-6-8-20-15(14)5-7-19(11)10-13-4-2-3-12(9-18)16(13)17/h2-4,6,8,11H,5,7,10H2,1H3. The van der Waals surface area contributed by atoms with Crippen LogP contribution in [0.4, 0.5) is 4.39 Å². The third kappa shape index (κ3) is 2.24. The van der Waals surface area contributed by atoms with Crippen LogP contribution in [0.25, 0.3) is 0 Å². The summed E-state index contributed by atoms with van der Waals surface area (Å²) in [6.45, 7) is 3.65. The minimum atomic E-state index is -0.377. The number of benzene rings is 1. The molecule has 0 bridgehead atoms. The first-order chi connectivity index (χ1) is 9.70. The fourth-order valence-corrected chi connectivity index (χ4v) is 3.75. The molecule has 2 nitrogen and oxygen atoms in total. The first-order valence-electron chi connectivity index (χ1n) is 6.68. The minimum Gasteiger partial charge on any atom is -0.292 e. The Labute approximate surface area is 122 Å². The van der Waals surface area contributed by atoms with Crippen LogP contribution in [0, 0.1) is 17.1 Å². The molecule has 0 saturated heterocycles. The third-order valence-electron chi connectivity index (χ3n) is 3.98. The zero-order chi connectivity index (χ0) is 14.1. The summed E-state index contributed by atoms with van der Waals surface area (Å²) < 4.78 is 14.1. The topological polar surface area (TPSA) is 27.0 Å². The second-order valence-corrected chi connectivity index (χ2v) is 6.09. The van der Waals surface area contributed by atoms with Gasteiger partial charge >= 0.3 is 0 Å². The molecule has 0 N–H and O–H groups in total. The first-order valence-corrected chi connectivity index (χ1v) is 7.56. The summed E-state index contributed by atoms with van der Waals surface area (Å²) in [5, 5.41) is 11.0. The zero-order valence-corrected chi connectivity index (χ0v) is 12.1. The predicted molar refractivity (Wildman–Crippen MR) is 78.0 cm³/mol. The van der Waals surface area contributed by atoms with Gasteiger partial charge in [-0.1, -0.05) is 12.1 Å². The van der Waals surface area contributed by atoms with Crippen molar-refractivity contribution in [2.75, 3.05) is 6.54 Å². The molecular weight excluding hydrogens is 271 g/mol. The van der Waals surface area contributed by atoms with Gasteiger partial charge in [-0.2, -0.15) is 5.26 Å². The highest BCUT2D eigenvalue weighted by atomic mass is 32.1. The van der Waals surface area contributed by atoms with Crippen LogP contribution in [0.2, 0.25) is 0 Å². The van der Waals surface area contributed by atoms with Gasteiger partial charge in [0.25, 0.3) is 0 Å². The van der Waals surface area contributed by atoms with E-state index in [2.05, 4.69) is 23.3 Å². The van der Waals surface area contributed by atoms with E-state index in [0.717, 1.165) is 13.0 Å². The number of halogens is 1. The number of nitriles is 1. The van der Waals surface area contributed by atoms with Crippen LogP contribution in [-0.4, -0.2) is 11.4 Å². The van der Waals surface area contributed by atoms with Crippen molar-refractivity contribution in [3.63, 3.8) is 0 Å². The van der Waals surface area contributed by atoms with Gasteiger partial charge in [0.2, 0.25) is 0 Å². The molecule has 1 aromatic carbocycles. The summed E-state index contributed by atoms with van der Waals surface area (Å²) >= 11 is 1.80. The van der Waals surface area contributed by atoms with Gasteiger partial charge in [0.1, 0.15) is 11.9 Å². The van der Waals surface area contributed by atoms with E-state index in [1.807, 2.05) is 6.07 Å². The summed E-state index contributed by atoms with van der Waals surface area (Å²) in [5.74, 6) is -0.377. The van der Waals surface area contributed by atoms with Crippen LogP contribution in [0.15, 0.2) is 29.6 Å². The van der Waals surface area contributed by atoms with Crippen molar-refractivity contribution in [2.45, 2.75) is 25.9 Å². The molecule has 3 rings (SSSR count). The molecule has 1 atom stereocenters. The average molecular weight is 286 g/mol. The molecule has 2 heterocycles. The summed E-state index contributed by atoms with van der Waals surface area (Å²) in [5.41, 5.74) is 2.09. The fourth-order valence-electron chi connectivity index (χ4n) is 2.78. The lowest BCUT2D eigenvalue weighted by molar-refractivity contribution is 0.189. The van der Waals surface area contributed by atoms with Crippen LogP contribution in [0.3, 0.4) is 0 Å². The lowest BCUT2D eigenvalue weighted by Gasteiger charge is -2.33. The first kappa shape index (κ1) is 13.3. The Bertz CT molecular complexity index is 671. The van der Waals surface area contributed by atoms with Crippen molar-refractivity contribution in [3.05, 3.63) is 57.0 Å². The molecule has 1 aromatic heterocycles. The molecular formula is C16H15FN2S. The number of rotatable bonds is 2. The van der Waals surface area contributed by atoms with Crippen LogP contribution in [0.5, 0.6) is 0 Å². The van der Waals surface area contributed by atoms with Crippen molar-refractivity contribution >= 4 is 11.3 Å². The molecule has 1 unspecified atom stereocenters. The maximum absolute atomic E-state index is 14.1. The lowest BCUT2D eigenvalue weighted by atomic mass is 10.00. The van der Waals surface area contributed by atoms with Gasteiger partial charge < -0.3 is 0 Å². The Hall–Kier alpha value is -1.70. The SMILES string of the molecule is CC1c2ccsc2CCN1Cc1cccc(C#N)c1F. The van der Waals surface area contributed by atoms with Crippen LogP contribution < -0.4 is 0 Å². The van der Waals surface area contributed by atoms with E-state index in [4.69, 9.17) is 5.26 Å². The Balaban J connectivity index is 1.85. The predicted octanol–water partition coefficient (Wildman–Crippen LogP) is 3.88. The fraction of sp³-hybridized carbons (Fsp3) is 0.312. The lowest BCUT2D eigenvalue weighted by Crippen LogP contribution is -2.33. The molecule has 0 spiro atoms. The Morgan fingerprint density at radius 2 is 2.30 bits per heavy atom. The molecule has 2 aromatic rings. The molecule has 0 saturated carbocycles. The summed E-state index contributed by atoms with van der Waals surface area (Å²) in [4.78, 5) is 3.72. The van der Waals surface area contributed by atoms with E-state index in [-0.39, 0.29) is 11.4 Å². The average Bonchev–Trinajstić information content (AvgIpc) is 2.93. The highest BCUT2D eigenvalue weighted by Crippen LogP contribution is 2.33. The van der Waals surface area contributed by atoms with Crippen LogP contribution >= 0.6 is 11.3 Å². The van der Waals surface area contributed by atoms with E-state index >= 15 is 0 Å². The van der Waals surface area contributed by atoms with Crippen molar-refractivity contribution in [1.82, 2.24) is 4.90 Å². The van der Waals surface area contributed by atoms with Crippen molar-refractivity contribution in [3.8, 4) is 6.07 Å². The molecule has 1 aliphatic rings. The molecule has 0 fully saturated rings. The van der Waals surface area contributed by atoms with Gasteiger partial charge in [-0.25, -0.2) is 4.39 Å². The number of thiophene rings is 1. The van der Waals surface area contributed by atoms with E-state index in [1.54, 1.807) is 23.5 Å².